The third kappa shape index (κ3) is 2.57. The molecule has 0 radical (unpaired) electrons. The molecule has 18 heavy (non-hydrogen) atoms. The lowest BCUT2D eigenvalue weighted by Crippen LogP contribution is -2.09. The number of ether oxygens (including phenoxy) is 1. The lowest BCUT2D eigenvalue weighted by molar-refractivity contribution is 0.356. The fourth-order valence-electron chi connectivity index (χ4n) is 1.55. The van der Waals surface area contributed by atoms with Gasteiger partial charge in [-0.2, -0.15) is 4.98 Å². The van der Waals surface area contributed by atoms with E-state index in [1.807, 2.05) is 24.3 Å². The molecule has 1 aromatic heterocycles. The van der Waals surface area contributed by atoms with E-state index in [1.165, 1.54) is 0 Å². The second kappa shape index (κ2) is 5.46. The Kier molecular flexibility index (Phi) is 3.74. The first-order valence-corrected chi connectivity index (χ1v) is 5.59. The zero-order valence-corrected chi connectivity index (χ0v) is 10.2. The van der Waals surface area contributed by atoms with Crippen molar-refractivity contribution in [3.8, 4) is 17.1 Å². The van der Waals surface area contributed by atoms with Gasteiger partial charge in [-0.15, -0.1) is 6.58 Å². The molecule has 2 N–H and O–H groups in total. The number of hydrogen-bond donors (Lipinski definition) is 1. The van der Waals surface area contributed by atoms with Crippen molar-refractivity contribution >= 4 is 0 Å². The Bertz CT molecular complexity index is 537. The molecule has 0 saturated heterocycles. The summed E-state index contributed by atoms with van der Waals surface area (Å²) in [6.07, 6.45) is 2.32. The maximum atomic E-state index is 5.86. The van der Waals surface area contributed by atoms with E-state index >= 15 is 0 Å². The van der Waals surface area contributed by atoms with E-state index in [9.17, 15) is 0 Å². The monoisotopic (exact) mass is 245 g/mol. The number of aromatic nitrogens is 2. The van der Waals surface area contributed by atoms with Gasteiger partial charge >= 0.3 is 0 Å². The van der Waals surface area contributed by atoms with Gasteiger partial charge in [0.2, 0.25) is 11.7 Å². The van der Waals surface area contributed by atoms with Crippen LogP contribution in [0.25, 0.3) is 11.4 Å². The average molecular weight is 245 g/mol. The van der Waals surface area contributed by atoms with E-state index in [0.29, 0.717) is 18.1 Å². The van der Waals surface area contributed by atoms with Gasteiger partial charge < -0.3 is 15.0 Å². The molecule has 1 heterocycles. The van der Waals surface area contributed by atoms with Crippen LogP contribution in [0.3, 0.4) is 0 Å². The van der Waals surface area contributed by atoms with Crippen LogP contribution < -0.4 is 10.5 Å². The summed E-state index contributed by atoms with van der Waals surface area (Å²) in [6, 6.07) is 7.14. The van der Waals surface area contributed by atoms with Gasteiger partial charge in [-0.3, -0.25) is 0 Å². The Hall–Kier alpha value is -2.14. The van der Waals surface area contributed by atoms with E-state index in [2.05, 4.69) is 16.7 Å². The number of nitrogens with zero attached hydrogens (tertiary/aromatic N) is 2. The molecule has 0 saturated carbocycles. The predicted octanol–water partition coefficient (Wildman–Crippen LogP) is 2.32. The van der Waals surface area contributed by atoms with Crippen molar-refractivity contribution in [3.05, 3.63) is 42.8 Å². The Morgan fingerprint density at radius 2 is 2.39 bits per heavy atom. The van der Waals surface area contributed by atoms with Crippen LogP contribution in [0.2, 0.25) is 0 Å². The Morgan fingerprint density at radius 1 is 1.56 bits per heavy atom. The first kappa shape index (κ1) is 12.3. The molecule has 5 heteroatoms. The molecule has 2 rings (SSSR count). The fraction of sp³-hybridized carbons (Fsp3) is 0.231. The van der Waals surface area contributed by atoms with Crippen LogP contribution in [-0.2, 0) is 0 Å². The van der Waals surface area contributed by atoms with E-state index in [4.69, 9.17) is 15.0 Å². The minimum Gasteiger partial charge on any atom is -0.497 e. The molecule has 1 atom stereocenters. The van der Waals surface area contributed by atoms with E-state index < -0.39 is 0 Å². The molecule has 94 valence electrons. The largest absolute Gasteiger partial charge is 0.497 e. The summed E-state index contributed by atoms with van der Waals surface area (Å²) < 4.78 is 10.3. The van der Waals surface area contributed by atoms with Crippen molar-refractivity contribution in [2.24, 2.45) is 5.73 Å². The van der Waals surface area contributed by atoms with Crippen LogP contribution >= 0.6 is 0 Å². The number of methoxy groups -OCH3 is 1. The molecule has 2 aromatic rings. The van der Waals surface area contributed by atoms with Crippen molar-refractivity contribution < 1.29 is 9.26 Å². The van der Waals surface area contributed by atoms with E-state index in [-0.39, 0.29) is 6.04 Å². The molecule has 0 aliphatic carbocycles. The Balaban J connectivity index is 2.25. The minimum absolute atomic E-state index is 0.311. The summed E-state index contributed by atoms with van der Waals surface area (Å²) in [5.74, 6) is 1.66. The number of rotatable bonds is 5. The topological polar surface area (TPSA) is 74.2 Å². The second-order valence-corrected chi connectivity index (χ2v) is 3.82. The second-order valence-electron chi connectivity index (χ2n) is 3.82. The fourth-order valence-corrected chi connectivity index (χ4v) is 1.55. The van der Waals surface area contributed by atoms with Gasteiger partial charge in [0.25, 0.3) is 0 Å². The number of nitrogens with two attached hydrogens (primary N) is 1. The predicted molar refractivity (Wildman–Crippen MR) is 68.0 cm³/mol. The van der Waals surface area contributed by atoms with Gasteiger partial charge in [-0.05, 0) is 18.6 Å². The Morgan fingerprint density at radius 3 is 3.11 bits per heavy atom. The molecule has 0 bridgehead atoms. The van der Waals surface area contributed by atoms with Crippen LogP contribution in [0, 0.1) is 0 Å². The third-order valence-electron chi connectivity index (χ3n) is 2.51. The third-order valence-corrected chi connectivity index (χ3v) is 2.51. The molecule has 0 amide bonds. The summed E-state index contributed by atoms with van der Waals surface area (Å²) in [4.78, 5) is 4.27. The Labute approximate surface area is 105 Å². The van der Waals surface area contributed by atoms with Crippen molar-refractivity contribution in [1.29, 1.82) is 0 Å². The average Bonchev–Trinajstić information content (AvgIpc) is 2.89. The first-order valence-electron chi connectivity index (χ1n) is 5.59. The number of benzene rings is 1. The van der Waals surface area contributed by atoms with Crippen molar-refractivity contribution in [3.63, 3.8) is 0 Å². The highest BCUT2D eigenvalue weighted by Gasteiger charge is 2.14. The zero-order chi connectivity index (χ0) is 13.0. The molecule has 0 spiro atoms. The molecule has 0 aliphatic heterocycles. The van der Waals surface area contributed by atoms with Crippen molar-refractivity contribution in [1.82, 2.24) is 10.1 Å². The first-order chi connectivity index (χ1) is 8.74. The van der Waals surface area contributed by atoms with Gasteiger partial charge in [0.05, 0.1) is 13.2 Å². The SMILES string of the molecule is C=CCC(N)c1nc(-c2cccc(OC)c2)no1. The summed E-state index contributed by atoms with van der Waals surface area (Å²) in [6.45, 7) is 3.63. The van der Waals surface area contributed by atoms with Crippen LogP contribution in [-0.4, -0.2) is 17.3 Å². The lowest BCUT2D eigenvalue weighted by Gasteiger charge is -2.01. The van der Waals surface area contributed by atoms with Gasteiger partial charge in [0.15, 0.2) is 0 Å². The maximum Gasteiger partial charge on any atom is 0.244 e. The van der Waals surface area contributed by atoms with Crippen LogP contribution in [0.4, 0.5) is 0 Å². The quantitative estimate of drug-likeness (QED) is 0.818. The molecule has 0 fully saturated rings. The minimum atomic E-state index is -0.311. The summed E-state index contributed by atoms with van der Waals surface area (Å²) in [5, 5.41) is 3.91. The highest BCUT2D eigenvalue weighted by molar-refractivity contribution is 5.56. The molecule has 1 unspecified atom stereocenters. The smallest absolute Gasteiger partial charge is 0.244 e. The van der Waals surface area contributed by atoms with Crippen LogP contribution in [0.1, 0.15) is 18.4 Å². The molecular weight excluding hydrogens is 230 g/mol. The number of hydrogen-bond acceptors (Lipinski definition) is 5. The zero-order valence-electron chi connectivity index (χ0n) is 10.2. The summed E-state index contributed by atoms with van der Waals surface area (Å²) in [7, 11) is 1.61. The van der Waals surface area contributed by atoms with Gasteiger partial charge in [-0.1, -0.05) is 23.4 Å². The molecule has 1 aromatic carbocycles. The van der Waals surface area contributed by atoms with Gasteiger partial charge in [0, 0.05) is 5.56 Å². The van der Waals surface area contributed by atoms with Gasteiger partial charge in [0.1, 0.15) is 5.75 Å². The van der Waals surface area contributed by atoms with Crippen molar-refractivity contribution in [2.45, 2.75) is 12.5 Å². The lowest BCUT2D eigenvalue weighted by atomic mass is 10.2. The van der Waals surface area contributed by atoms with E-state index in [1.54, 1.807) is 13.2 Å². The summed E-state index contributed by atoms with van der Waals surface area (Å²) >= 11 is 0. The normalized spacial score (nSPS) is 12.1. The molecular formula is C13H15N3O2. The summed E-state index contributed by atoms with van der Waals surface area (Å²) in [5.41, 5.74) is 6.69. The molecule has 0 aliphatic rings. The van der Waals surface area contributed by atoms with Gasteiger partial charge in [-0.25, -0.2) is 0 Å². The standard InChI is InChI=1S/C13H15N3O2/c1-3-5-11(14)13-15-12(16-18-13)9-6-4-7-10(8-9)17-2/h3-4,6-8,11H,1,5,14H2,2H3. The van der Waals surface area contributed by atoms with Crippen LogP contribution in [0.5, 0.6) is 5.75 Å². The van der Waals surface area contributed by atoms with Crippen LogP contribution in [0.15, 0.2) is 41.4 Å². The molecule has 5 nitrogen and oxygen atoms in total. The highest BCUT2D eigenvalue weighted by Crippen LogP contribution is 2.22. The van der Waals surface area contributed by atoms with Crippen molar-refractivity contribution in [2.75, 3.05) is 7.11 Å². The highest BCUT2D eigenvalue weighted by atomic mass is 16.5. The maximum absolute atomic E-state index is 5.86. The van der Waals surface area contributed by atoms with E-state index in [0.717, 1.165) is 11.3 Å².